The molecule has 0 saturated heterocycles. The molecule has 2 rings (SSSR count). The van der Waals surface area contributed by atoms with Gasteiger partial charge in [-0.15, -0.1) is 0 Å². The van der Waals surface area contributed by atoms with Gasteiger partial charge in [0.05, 0.1) is 0 Å². The molecule has 0 saturated carbocycles. The van der Waals surface area contributed by atoms with E-state index in [1.54, 1.807) is 0 Å². The SMILES string of the molecule is BrC1=CCCN(Cc2ccncc2)C1. The Bertz CT molecular complexity index is 321. The molecular formula is C11H13BrN2. The summed E-state index contributed by atoms with van der Waals surface area (Å²) in [6.45, 7) is 3.20. The number of aromatic nitrogens is 1. The standard InChI is InChI=1S/C11H13BrN2/c12-11-2-1-7-14(9-11)8-10-3-5-13-6-4-10/h2-6H,1,7-9H2. The molecule has 74 valence electrons. The molecule has 0 spiro atoms. The lowest BCUT2D eigenvalue weighted by molar-refractivity contribution is 0.289. The zero-order chi connectivity index (χ0) is 9.80. The van der Waals surface area contributed by atoms with E-state index in [9.17, 15) is 0 Å². The fourth-order valence-corrected chi connectivity index (χ4v) is 2.23. The van der Waals surface area contributed by atoms with Gasteiger partial charge >= 0.3 is 0 Å². The van der Waals surface area contributed by atoms with Crippen molar-refractivity contribution < 1.29 is 0 Å². The number of halogens is 1. The molecule has 0 unspecified atom stereocenters. The highest BCUT2D eigenvalue weighted by atomic mass is 79.9. The molecule has 1 aromatic heterocycles. The summed E-state index contributed by atoms with van der Waals surface area (Å²) in [7, 11) is 0. The van der Waals surface area contributed by atoms with E-state index in [1.165, 1.54) is 10.0 Å². The van der Waals surface area contributed by atoms with Crippen molar-refractivity contribution in [1.29, 1.82) is 0 Å². The summed E-state index contributed by atoms with van der Waals surface area (Å²) in [6.07, 6.45) is 7.10. The summed E-state index contributed by atoms with van der Waals surface area (Å²) in [6, 6.07) is 4.15. The minimum absolute atomic E-state index is 1.02. The highest BCUT2D eigenvalue weighted by Gasteiger charge is 2.10. The third-order valence-electron chi connectivity index (χ3n) is 2.34. The minimum atomic E-state index is 1.02. The number of rotatable bonds is 2. The average Bonchev–Trinajstić information content (AvgIpc) is 2.19. The first kappa shape index (κ1) is 9.87. The summed E-state index contributed by atoms with van der Waals surface area (Å²) >= 11 is 3.55. The number of nitrogens with zero attached hydrogens (tertiary/aromatic N) is 2. The van der Waals surface area contributed by atoms with Gasteiger partial charge < -0.3 is 0 Å². The van der Waals surface area contributed by atoms with Gasteiger partial charge in [0.15, 0.2) is 0 Å². The smallest absolute Gasteiger partial charge is 0.0300 e. The Morgan fingerprint density at radius 3 is 2.86 bits per heavy atom. The van der Waals surface area contributed by atoms with Crippen LogP contribution in [0.4, 0.5) is 0 Å². The van der Waals surface area contributed by atoms with E-state index in [0.717, 1.165) is 26.1 Å². The van der Waals surface area contributed by atoms with Gasteiger partial charge in [-0.1, -0.05) is 22.0 Å². The zero-order valence-corrected chi connectivity index (χ0v) is 9.57. The van der Waals surface area contributed by atoms with Crippen molar-refractivity contribution in [1.82, 2.24) is 9.88 Å². The molecule has 2 nitrogen and oxygen atoms in total. The summed E-state index contributed by atoms with van der Waals surface area (Å²) in [5.74, 6) is 0. The summed E-state index contributed by atoms with van der Waals surface area (Å²) in [4.78, 5) is 6.44. The Morgan fingerprint density at radius 1 is 1.36 bits per heavy atom. The largest absolute Gasteiger partial charge is 0.294 e. The molecule has 14 heavy (non-hydrogen) atoms. The van der Waals surface area contributed by atoms with Crippen molar-refractivity contribution in [3.8, 4) is 0 Å². The molecule has 0 atom stereocenters. The molecule has 0 bridgehead atoms. The Balaban J connectivity index is 1.96. The fourth-order valence-electron chi connectivity index (χ4n) is 1.64. The summed E-state index contributed by atoms with van der Waals surface area (Å²) < 4.78 is 1.30. The third kappa shape index (κ3) is 2.66. The van der Waals surface area contributed by atoms with Crippen molar-refractivity contribution in [3.05, 3.63) is 40.6 Å². The number of hydrogen-bond donors (Lipinski definition) is 0. The van der Waals surface area contributed by atoms with Crippen LogP contribution in [0.3, 0.4) is 0 Å². The van der Waals surface area contributed by atoms with Gasteiger partial charge in [-0.05, 0) is 24.1 Å². The Morgan fingerprint density at radius 2 is 2.14 bits per heavy atom. The van der Waals surface area contributed by atoms with Crippen LogP contribution in [-0.2, 0) is 6.54 Å². The predicted octanol–water partition coefficient (Wildman–Crippen LogP) is 2.57. The lowest BCUT2D eigenvalue weighted by Crippen LogP contribution is -2.28. The monoisotopic (exact) mass is 252 g/mol. The van der Waals surface area contributed by atoms with Crippen LogP contribution in [0.2, 0.25) is 0 Å². The number of pyridine rings is 1. The van der Waals surface area contributed by atoms with Crippen LogP contribution in [0.5, 0.6) is 0 Å². The van der Waals surface area contributed by atoms with Crippen LogP contribution in [0, 0.1) is 0 Å². The van der Waals surface area contributed by atoms with E-state index < -0.39 is 0 Å². The van der Waals surface area contributed by atoms with Crippen molar-refractivity contribution in [2.45, 2.75) is 13.0 Å². The van der Waals surface area contributed by atoms with E-state index in [-0.39, 0.29) is 0 Å². The lowest BCUT2D eigenvalue weighted by atomic mass is 10.2. The predicted molar refractivity (Wildman–Crippen MR) is 61.1 cm³/mol. The second-order valence-electron chi connectivity index (χ2n) is 3.51. The van der Waals surface area contributed by atoms with Crippen LogP contribution < -0.4 is 0 Å². The van der Waals surface area contributed by atoms with Crippen molar-refractivity contribution >= 4 is 15.9 Å². The average molecular weight is 253 g/mol. The highest BCUT2D eigenvalue weighted by molar-refractivity contribution is 9.11. The van der Waals surface area contributed by atoms with E-state index in [4.69, 9.17) is 0 Å². The molecule has 1 aromatic rings. The maximum Gasteiger partial charge on any atom is 0.0300 e. The first-order chi connectivity index (χ1) is 6.84. The number of hydrogen-bond acceptors (Lipinski definition) is 2. The Hall–Kier alpha value is -0.670. The second-order valence-corrected chi connectivity index (χ2v) is 4.52. The molecule has 0 aliphatic carbocycles. The fraction of sp³-hybridized carbons (Fsp3) is 0.364. The maximum atomic E-state index is 4.01. The molecule has 0 radical (unpaired) electrons. The minimum Gasteiger partial charge on any atom is -0.294 e. The van der Waals surface area contributed by atoms with Crippen molar-refractivity contribution in [3.63, 3.8) is 0 Å². The zero-order valence-electron chi connectivity index (χ0n) is 7.99. The van der Waals surface area contributed by atoms with Crippen LogP contribution in [0.15, 0.2) is 35.1 Å². The highest BCUT2D eigenvalue weighted by Crippen LogP contribution is 2.16. The van der Waals surface area contributed by atoms with Gasteiger partial charge in [0.25, 0.3) is 0 Å². The van der Waals surface area contributed by atoms with Gasteiger partial charge in [-0.2, -0.15) is 0 Å². The molecule has 0 N–H and O–H groups in total. The van der Waals surface area contributed by atoms with Crippen molar-refractivity contribution in [2.24, 2.45) is 0 Å². The van der Waals surface area contributed by atoms with Gasteiger partial charge in [0, 0.05) is 36.5 Å². The molecule has 0 fully saturated rings. The van der Waals surface area contributed by atoms with E-state index in [2.05, 4.69) is 44.0 Å². The van der Waals surface area contributed by atoms with Crippen LogP contribution >= 0.6 is 15.9 Å². The molecule has 0 amide bonds. The molecule has 1 aliphatic rings. The van der Waals surface area contributed by atoms with Crippen LogP contribution in [0.25, 0.3) is 0 Å². The van der Waals surface area contributed by atoms with Crippen LogP contribution in [-0.4, -0.2) is 23.0 Å². The van der Waals surface area contributed by atoms with E-state index in [0.29, 0.717) is 0 Å². The summed E-state index contributed by atoms with van der Waals surface area (Å²) in [5.41, 5.74) is 1.34. The van der Waals surface area contributed by atoms with Crippen LogP contribution in [0.1, 0.15) is 12.0 Å². The third-order valence-corrected chi connectivity index (χ3v) is 2.92. The quantitative estimate of drug-likeness (QED) is 0.805. The van der Waals surface area contributed by atoms with Gasteiger partial charge in [0.2, 0.25) is 0 Å². The molecule has 1 aliphatic heterocycles. The molecule has 2 heterocycles. The molecular weight excluding hydrogens is 240 g/mol. The lowest BCUT2D eigenvalue weighted by Gasteiger charge is -2.24. The summed E-state index contributed by atoms with van der Waals surface area (Å²) in [5, 5.41) is 0. The van der Waals surface area contributed by atoms with Crippen molar-refractivity contribution in [2.75, 3.05) is 13.1 Å². The second kappa shape index (κ2) is 4.71. The topological polar surface area (TPSA) is 16.1 Å². The van der Waals surface area contributed by atoms with Gasteiger partial charge in [-0.25, -0.2) is 0 Å². The molecule has 3 heteroatoms. The first-order valence-corrected chi connectivity index (χ1v) is 5.60. The molecule has 0 aromatic carbocycles. The van der Waals surface area contributed by atoms with Gasteiger partial charge in [-0.3, -0.25) is 9.88 Å². The Labute approximate surface area is 92.8 Å². The maximum absolute atomic E-state index is 4.01. The first-order valence-electron chi connectivity index (χ1n) is 4.80. The van der Waals surface area contributed by atoms with Gasteiger partial charge in [0.1, 0.15) is 0 Å². The normalized spacial score (nSPS) is 17.9. The van der Waals surface area contributed by atoms with E-state index >= 15 is 0 Å². The Kier molecular flexibility index (Phi) is 3.32. The van der Waals surface area contributed by atoms with E-state index in [1.807, 2.05) is 12.4 Å².